The average molecular weight is 314 g/mol. The molecule has 0 aliphatic carbocycles. The van der Waals surface area contributed by atoms with Crippen LogP contribution in [0.2, 0.25) is 0 Å². The van der Waals surface area contributed by atoms with Crippen LogP contribution in [-0.4, -0.2) is 9.97 Å². The molecule has 0 spiro atoms. The molecule has 2 nitrogen and oxygen atoms in total. The summed E-state index contributed by atoms with van der Waals surface area (Å²) in [4.78, 5) is 9.03. The maximum atomic E-state index is 4.62. The lowest BCUT2D eigenvalue weighted by atomic mass is 9.97. The minimum Gasteiger partial charge on any atom is -0.264 e. The maximum absolute atomic E-state index is 4.62. The molecule has 2 heterocycles. The van der Waals surface area contributed by atoms with Gasteiger partial charge in [0.1, 0.15) is 0 Å². The van der Waals surface area contributed by atoms with Crippen LogP contribution in [0.4, 0.5) is 0 Å². The van der Waals surface area contributed by atoms with Crippen LogP contribution in [-0.2, 0) is 12.8 Å². The molecule has 0 saturated heterocycles. The lowest BCUT2D eigenvalue weighted by Crippen LogP contribution is -1.99. The summed E-state index contributed by atoms with van der Waals surface area (Å²) in [6, 6.07) is 14.5. The molecule has 2 heteroatoms. The number of hydrogen-bond donors (Lipinski definition) is 0. The Labute approximate surface area is 143 Å². The third kappa shape index (κ3) is 3.60. The molecule has 0 saturated carbocycles. The van der Waals surface area contributed by atoms with Crippen LogP contribution in [0.15, 0.2) is 67.1 Å². The van der Waals surface area contributed by atoms with E-state index >= 15 is 0 Å². The summed E-state index contributed by atoms with van der Waals surface area (Å²) in [6.07, 6.45) is 12.0. The summed E-state index contributed by atoms with van der Waals surface area (Å²) in [5.74, 6) is 0. The Morgan fingerprint density at radius 3 is 2.38 bits per heavy atom. The fraction of sp³-hybridized carbons (Fsp3) is 0.182. The van der Waals surface area contributed by atoms with Crippen LogP contribution < -0.4 is 0 Å². The number of aromatic nitrogens is 2. The first-order chi connectivity index (χ1) is 11.8. The Kier molecular flexibility index (Phi) is 5.17. The van der Waals surface area contributed by atoms with Crippen molar-refractivity contribution in [3.63, 3.8) is 0 Å². The summed E-state index contributed by atoms with van der Waals surface area (Å²) in [5.41, 5.74) is 7.19. The first-order valence-electron chi connectivity index (χ1n) is 8.40. The van der Waals surface area contributed by atoms with Crippen molar-refractivity contribution in [1.29, 1.82) is 0 Å². The Hall–Kier alpha value is -2.74. The molecular formula is C22H22N2. The van der Waals surface area contributed by atoms with E-state index < -0.39 is 0 Å². The van der Waals surface area contributed by atoms with Crippen molar-refractivity contribution in [3.8, 4) is 11.3 Å². The highest BCUT2D eigenvalue weighted by atomic mass is 14.7. The summed E-state index contributed by atoms with van der Waals surface area (Å²) < 4.78 is 0. The number of aryl methyl sites for hydroxylation is 1. The van der Waals surface area contributed by atoms with Crippen molar-refractivity contribution in [3.05, 3.63) is 89.4 Å². The van der Waals surface area contributed by atoms with Gasteiger partial charge in [0.15, 0.2) is 0 Å². The Bertz CT molecular complexity index is 818. The highest BCUT2D eigenvalue weighted by Gasteiger charge is 2.07. The van der Waals surface area contributed by atoms with Crippen LogP contribution in [0.5, 0.6) is 0 Å². The molecular weight excluding hydrogens is 292 g/mol. The van der Waals surface area contributed by atoms with Gasteiger partial charge >= 0.3 is 0 Å². The molecule has 1 aromatic carbocycles. The number of rotatable bonds is 5. The second kappa shape index (κ2) is 7.69. The van der Waals surface area contributed by atoms with Gasteiger partial charge in [-0.15, -0.1) is 0 Å². The molecule has 0 unspecified atom stereocenters. The van der Waals surface area contributed by atoms with Gasteiger partial charge in [-0.3, -0.25) is 9.97 Å². The number of benzene rings is 1. The standard InChI is InChI=1S/C22H22N2/c1-3-8-21-18(4-2)15-23-16-20(21)13-17-11-12-22(24-14-17)19-9-6-5-7-10-19/h3,5-12,14-16H,4,13H2,1-2H3/b8-3-. The van der Waals surface area contributed by atoms with Crippen molar-refractivity contribution in [2.75, 3.05) is 0 Å². The first kappa shape index (κ1) is 16.1. The fourth-order valence-corrected chi connectivity index (χ4v) is 2.89. The van der Waals surface area contributed by atoms with Crippen LogP contribution in [0.3, 0.4) is 0 Å². The predicted molar refractivity (Wildman–Crippen MR) is 101 cm³/mol. The molecule has 0 aliphatic heterocycles. The Morgan fingerprint density at radius 1 is 0.917 bits per heavy atom. The molecule has 0 fully saturated rings. The molecule has 2 aromatic heterocycles. The van der Waals surface area contributed by atoms with Gasteiger partial charge in [-0.1, -0.05) is 55.5 Å². The minimum atomic E-state index is 0.850. The molecule has 0 N–H and O–H groups in total. The predicted octanol–water partition coefficient (Wildman–Crippen LogP) is 5.33. The van der Waals surface area contributed by atoms with E-state index in [4.69, 9.17) is 0 Å². The highest BCUT2D eigenvalue weighted by Crippen LogP contribution is 2.21. The van der Waals surface area contributed by atoms with Gasteiger partial charge in [-0.05, 0) is 41.7 Å². The highest BCUT2D eigenvalue weighted by molar-refractivity contribution is 5.60. The van der Waals surface area contributed by atoms with Crippen molar-refractivity contribution >= 4 is 6.08 Å². The largest absolute Gasteiger partial charge is 0.264 e. The van der Waals surface area contributed by atoms with E-state index in [-0.39, 0.29) is 0 Å². The zero-order chi connectivity index (χ0) is 16.8. The van der Waals surface area contributed by atoms with Crippen LogP contribution in [0.1, 0.15) is 36.1 Å². The van der Waals surface area contributed by atoms with Gasteiger partial charge < -0.3 is 0 Å². The number of nitrogens with zero attached hydrogens (tertiary/aromatic N) is 2. The van der Waals surface area contributed by atoms with Gasteiger partial charge in [0.25, 0.3) is 0 Å². The van der Waals surface area contributed by atoms with Crippen molar-refractivity contribution in [2.45, 2.75) is 26.7 Å². The second-order valence-electron chi connectivity index (χ2n) is 5.82. The van der Waals surface area contributed by atoms with Gasteiger partial charge in [-0.25, -0.2) is 0 Å². The number of allylic oxidation sites excluding steroid dienone is 1. The van der Waals surface area contributed by atoms with Gasteiger partial charge in [0.05, 0.1) is 5.69 Å². The van der Waals surface area contributed by atoms with Crippen LogP contribution >= 0.6 is 0 Å². The minimum absolute atomic E-state index is 0.850. The number of pyridine rings is 2. The number of hydrogen-bond acceptors (Lipinski definition) is 2. The second-order valence-corrected chi connectivity index (χ2v) is 5.82. The van der Waals surface area contributed by atoms with E-state index in [2.05, 4.69) is 60.2 Å². The van der Waals surface area contributed by atoms with Crippen molar-refractivity contribution in [1.82, 2.24) is 9.97 Å². The maximum Gasteiger partial charge on any atom is 0.0702 e. The Balaban J connectivity index is 1.87. The van der Waals surface area contributed by atoms with Gasteiger partial charge in [-0.2, -0.15) is 0 Å². The summed E-state index contributed by atoms with van der Waals surface area (Å²) >= 11 is 0. The molecule has 0 atom stereocenters. The summed E-state index contributed by atoms with van der Waals surface area (Å²) in [5, 5.41) is 0. The fourth-order valence-electron chi connectivity index (χ4n) is 2.89. The molecule has 120 valence electrons. The van der Waals surface area contributed by atoms with E-state index in [1.807, 2.05) is 36.8 Å². The van der Waals surface area contributed by atoms with E-state index in [1.165, 1.54) is 22.3 Å². The molecule has 24 heavy (non-hydrogen) atoms. The first-order valence-corrected chi connectivity index (χ1v) is 8.40. The lowest BCUT2D eigenvalue weighted by Gasteiger charge is -2.10. The molecule has 3 rings (SSSR count). The van der Waals surface area contributed by atoms with Crippen LogP contribution in [0.25, 0.3) is 17.3 Å². The van der Waals surface area contributed by atoms with Crippen LogP contribution in [0, 0.1) is 0 Å². The SMILES string of the molecule is C/C=C\c1c(CC)cncc1Cc1ccc(-c2ccccc2)nc1. The van der Waals surface area contributed by atoms with E-state index in [0.717, 1.165) is 24.1 Å². The monoisotopic (exact) mass is 314 g/mol. The average Bonchev–Trinajstić information content (AvgIpc) is 2.64. The molecule has 0 amide bonds. The smallest absolute Gasteiger partial charge is 0.0702 e. The zero-order valence-electron chi connectivity index (χ0n) is 14.2. The van der Waals surface area contributed by atoms with Gasteiger partial charge in [0.2, 0.25) is 0 Å². The summed E-state index contributed by atoms with van der Waals surface area (Å²) in [7, 11) is 0. The molecule has 3 aromatic rings. The van der Waals surface area contributed by atoms with E-state index in [0.29, 0.717) is 0 Å². The third-order valence-electron chi connectivity index (χ3n) is 4.16. The zero-order valence-corrected chi connectivity index (χ0v) is 14.2. The lowest BCUT2D eigenvalue weighted by molar-refractivity contribution is 1.04. The van der Waals surface area contributed by atoms with Crippen molar-refractivity contribution < 1.29 is 0 Å². The third-order valence-corrected chi connectivity index (χ3v) is 4.16. The van der Waals surface area contributed by atoms with E-state index in [9.17, 15) is 0 Å². The Morgan fingerprint density at radius 2 is 1.71 bits per heavy atom. The molecule has 0 bridgehead atoms. The van der Waals surface area contributed by atoms with E-state index in [1.54, 1.807) is 0 Å². The molecule has 0 radical (unpaired) electrons. The summed E-state index contributed by atoms with van der Waals surface area (Å²) in [6.45, 7) is 4.23. The van der Waals surface area contributed by atoms with Gasteiger partial charge in [0, 0.05) is 30.6 Å². The molecule has 0 aliphatic rings. The van der Waals surface area contributed by atoms with Crippen molar-refractivity contribution in [2.24, 2.45) is 0 Å². The quantitative estimate of drug-likeness (QED) is 0.636. The topological polar surface area (TPSA) is 25.8 Å². The normalized spacial score (nSPS) is 11.1.